The van der Waals surface area contributed by atoms with Gasteiger partial charge in [0.25, 0.3) is 0 Å². The summed E-state index contributed by atoms with van der Waals surface area (Å²) in [4.78, 5) is 12.6. The second-order valence-electron chi connectivity index (χ2n) is 7.56. The molecule has 1 amide bonds. The molecule has 35 heavy (non-hydrogen) atoms. The molecule has 7 nitrogen and oxygen atoms in total. The van der Waals surface area contributed by atoms with E-state index in [1.807, 2.05) is 85.1 Å². The summed E-state index contributed by atoms with van der Waals surface area (Å²) in [5.41, 5.74) is 2.53. The minimum absolute atomic E-state index is 0.142. The van der Waals surface area contributed by atoms with E-state index in [4.69, 9.17) is 21.1 Å². The Hall–Kier alpha value is -3.49. The van der Waals surface area contributed by atoms with E-state index in [1.165, 1.54) is 11.8 Å². The number of nitrogens with zero attached hydrogens (tertiary/aromatic N) is 3. The molecule has 180 valence electrons. The molecule has 0 saturated carbocycles. The third-order valence-electron chi connectivity index (χ3n) is 4.99. The number of hydrogen-bond acceptors (Lipinski definition) is 6. The lowest BCUT2D eigenvalue weighted by Gasteiger charge is -2.12. The van der Waals surface area contributed by atoms with Gasteiger partial charge in [-0.05, 0) is 74.0 Å². The van der Waals surface area contributed by atoms with Crippen LogP contribution in [0.15, 0.2) is 78.0 Å². The summed E-state index contributed by atoms with van der Waals surface area (Å²) >= 11 is 7.42. The van der Waals surface area contributed by atoms with Crippen LogP contribution in [0.25, 0.3) is 5.69 Å². The average Bonchev–Trinajstić information content (AvgIpc) is 3.28. The van der Waals surface area contributed by atoms with E-state index >= 15 is 0 Å². The first-order valence-electron chi connectivity index (χ1n) is 11.1. The van der Waals surface area contributed by atoms with E-state index in [0.717, 1.165) is 17.0 Å². The Kier molecular flexibility index (Phi) is 8.28. The van der Waals surface area contributed by atoms with Gasteiger partial charge in [-0.25, -0.2) is 0 Å². The second kappa shape index (κ2) is 11.8. The van der Waals surface area contributed by atoms with Gasteiger partial charge in [-0.2, -0.15) is 0 Å². The average molecular weight is 509 g/mol. The van der Waals surface area contributed by atoms with Crippen LogP contribution in [0.3, 0.4) is 0 Å². The highest BCUT2D eigenvalue weighted by molar-refractivity contribution is 7.99. The number of carbonyl (C=O) groups is 1. The maximum Gasteiger partial charge on any atom is 0.234 e. The molecule has 0 spiro atoms. The molecule has 0 aliphatic rings. The first kappa shape index (κ1) is 24.6. The predicted octanol–water partition coefficient (Wildman–Crippen LogP) is 5.94. The van der Waals surface area contributed by atoms with Crippen LogP contribution in [0.1, 0.15) is 18.3 Å². The summed E-state index contributed by atoms with van der Waals surface area (Å²) < 4.78 is 13.3. The Morgan fingerprint density at radius 2 is 1.74 bits per heavy atom. The molecule has 3 aromatic carbocycles. The summed E-state index contributed by atoms with van der Waals surface area (Å²) in [5, 5.41) is 12.8. The van der Waals surface area contributed by atoms with Crippen molar-refractivity contribution in [2.75, 3.05) is 17.7 Å². The van der Waals surface area contributed by atoms with Crippen molar-refractivity contribution in [1.29, 1.82) is 0 Å². The normalized spacial score (nSPS) is 10.7. The van der Waals surface area contributed by atoms with Gasteiger partial charge < -0.3 is 14.8 Å². The van der Waals surface area contributed by atoms with Gasteiger partial charge >= 0.3 is 0 Å². The van der Waals surface area contributed by atoms with Crippen LogP contribution >= 0.6 is 23.4 Å². The van der Waals surface area contributed by atoms with E-state index in [2.05, 4.69) is 15.5 Å². The number of rotatable bonds is 10. The van der Waals surface area contributed by atoms with E-state index in [0.29, 0.717) is 34.0 Å². The van der Waals surface area contributed by atoms with Crippen LogP contribution in [-0.4, -0.2) is 33.0 Å². The van der Waals surface area contributed by atoms with Crippen LogP contribution in [-0.2, 0) is 11.4 Å². The van der Waals surface area contributed by atoms with Gasteiger partial charge in [-0.1, -0.05) is 41.6 Å². The Morgan fingerprint density at radius 3 is 2.46 bits per heavy atom. The first-order chi connectivity index (χ1) is 17.0. The van der Waals surface area contributed by atoms with Gasteiger partial charge in [0.05, 0.1) is 12.4 Å². The van der Waals surface area contributed by atoms with E-state index in [1.54, 1.807) is 6.07 Å². The molecule has 4 rings (SSSR count). The number of halogens is 1. The molecular formula is C26H25ClN4O3S. The van der Waals surface area contributed by atoms with Crippen LogP contribution in [0.2, 0.25) is 5.02 Å². The Balaban J connectivity index is 1.45. The minimum Gasteiger partial charge on any atom is -0.494 e. The number of carbonyl (C=O) groups excluding carboxylic acids is 1. The standard InChI is InChI=1S/C26H25ClN4O3S/c1-3-33-21-11-9-19(10-12-21)28-25(32)17-35-26-30-29-24(31(26)20-7-5-4-6-8-20)16-34-22-13-14-23(27)18(2)15-22/h4-15H,3,16-17H2,1-2H3,(H,28,32). The molecule has 1 aromatic heterocycles. The van der Waals surface area contributed by atoms with Crippen LogP contribution in [0, 0.1) is 6.92 Å². The van der Waals surface area contributed by atoms with Crippen LogP contribution in [0.4, 0.5) is 5.69 Å². The van der Waals surface area contributed by atoms with Crippen molar-refractivity contribution in [3.63, 3.8) is 0 Å². The fourth-order valence-electron chi connectivity index (χ4n) is 3.31. The molecule has 0 unspecified atom stereocenters. The molecule has 0 bridgehead atoms. The number of benzene rings is 3. The van der Waals surface area contributed by atoms with Crippen molar-refractivity contribution in [1.82, 2.24) is 14.8 Å². The first-order valence-corrected chi connectivity index (χ1v) is 12.4. The van der Waals surface area contributed by atoms with Crippen molar-refractivity contribution >= 4 is 35.0 Å². The number of amides is 1. The largest absolute Gasteiger partial charge is 0.494 e. The lowest BCUT2D eigenvalue weighted by Crippen LogP contribution is -2.14. The maximum absolute atomic E-state index is 12.6. The van der Waals surface area contributed by atoms with Crippen molar-refractivity contribution in [3.8, 4) is 17.2 Å². The Morgan fingerprint density at radius 1 is 1.00 bits per heavy atom. The second-order valence-corrected chi connectivity index (χ2v) is 8.91. The zero-order valence-electron chi connectivity index (χ0n) is 19.4. The van der Waals surface area contributed by atoms with E-state index in [9.17, 15) is 4.79 Å². The van der Waals surface area contributed by atoms with E-state index in [-0.39, 0.29) is 18.3 Å². The van der Waals surface area contributed by atoms with Gasteiger partial charge in [0, 0.05) is 16.4 Å². The van der Waals surface area contributed by atoms with Crippen molar-refractivity contribution in [2.45, 2.75) is 25.6 Å². The summed E-state index contributed by atoms with van der Waals surface area (Å²) in [6.45, 7) is 4.66. The van der Waals surface area contributed by atoms with Crippen LogP contribution < -0.4 is 14.8 Å². The highest BCUT2D eigenvalue weighted by atomic mass is 35.5. The number of nitrogens with one attached hydrogen (secondary N) is 1. The van der Waals surface area contributed by atoms with Gasteiger partial charge in [-0.3, -0.25) is 9.36 Å². The molecule has 1 N–H and O–H groups in total. The molecule has 4 aromatic rings. The maximum atomic E-state index is 12.6. The number of ether oxygens (including phenoxy) is 2. The Labute approximate surface area is 213 Å². The number of thioether (sulfide) groups is 1. The summed E-state index contributed by atoms with van der Waals surface area (Å²) in [6, 6.07) is 22.5. The Bertz CT molecular complexity index is 1280. The number of aromatic nitrogens is 3. The minimum atomic E-state index is -0.142. The molecule has 0 fully saturated rings. The van der Waals surface area contributed by atoms with Crippen molar-refractivity contribution in [2.24, 2.45) is 0 Å². The van der Waals surface area contributed by atoms with Gasteiger partial charge in [-0.15, -0.1) is 10.2 Å². The molecular weight excluding hydrogens is 484 g/mol. The predicted molar refractivity (Wildman–Crippen MR) is 139 cm³/mol. The molecule has 0 atom stereocenters. The fraction of sp³-hybridized carbons (Fsp3) is 0.192. The summed E-state index contributed by atoms with van der Waals surface area (Å²) in [5.74, 6) is 2.11. The summed E-state index contributed by atoms with van der Waals surface area (Å²) in [7, 11) is 0. The molecule has 1 heterocycles. The molecule has 9 heteroatoms. The lowest BCUT2D eigenvalue weighted by atomic mass is 10.2. The van der Waals surface area contributed by atoms with Crippen LogP contribution in [0.5, 0.6) is 11.5 Å². The molecule has 0 aliphatic heterocycles. The number of anilines is 1. The smallest absolute Gasteiger partial charge is 0.234 e. The number of para-hydroxylation sites is 1. The quantitative estimate of drug-likeness (QED) is 0.267. The van der Waals surface area contributed by atoms with Crippen molar-refractivity contribution in [3.05, 3.63) is 89.2 Å². The third kappa shape index (κ3) is 6.55. The zero-order chi connectivity index (χ0) is 24.6. The molecule has 0 aliphatic carbocycles. The number of hydrogen-bond donors (Lipinski definition) is 1. The van der Waals surface area contributed by atoms with Gasteiger partial charge in [0.15, 0.2) is 11.0 Å². The molecule has 0 saturated heterocycles. The summed E-state index contributed by atoms with van der Waals surface area (Å²) in [6.07, 6.45) is 0. The molecule has 0 radical (unpaired) electrons. The lowest BCUT2D eigenvalue weighted by molar-refractivity contribution is -0.113. The van der Waals surface area contributed by atoms with Gasteiger partial charge in [0.2, 0.25) is 5.91 Å². The third-order valence-corrected chi connectivity index (χ3v) is 6.35. The van der Waals surface area contributed by atoms with Crippen molar-refractivity contribution < 1.29 is 14.3 Å². The fourth-order valence-corrected chi connectivity index (χ4v) is 4.20. The topological polar surface area (TPSA) is 78.3 Å². The highest BCUT2D eigenvalue weighted by Crippen LogP contribution is 2.25. The zero-order valence-corrected chi connectivity index (χ0v) is 21.0. The SMILES string of the molecule is CCOc1ccc(NC(=O)CSc2nnc(COc3ccc(Cl)c(C)c3)n2-c2ccccc2)cc1. The van der Waals surface area contributed by atoms with E-state index < -0.39 is 0 Å². The van der Waals surface area contributed by atoms with Gasteiger partial charge in [0.1, 0.15) is 18.1 Å². The number of aryl methyl sites for hydroxylation is 1. The monoisotopic (exact) mass is 508 g/mol. The highest BCUT2D eigenvalue weighted by Gasteiger charge is 2.17.